The zero-order valence-electron chi connectivity index (χ0n) is 17.2. The van der Waals surface area contributed by atoms with Crippen LogP contribution in [0.2, 0.25) is 0 Å². The van der Waals surface area contributed by atoms with Crippen molar-refractivity contribution >= 4 is 17.6 Å². The molecule has 0 aromatic heterocycles. The third kappa shape index (κ3) is 6.41. The summed E-state index contributed by atoms with van der Waals surface area (Å²) < 4.78 is 21.3. The Balaban J connectivity index is 1.97. The number of amides is 1. The number of hydrogen-bond donors (Lipinski definition) is 1. The fourth-order valence-electron chi connectivity index (χ4n) is 2.44. The van der Waals surface area contributed by atoms with Crippen molar-refractivity contribution in [1.29, 1.82) is 0 Å². The Kier molecular flexibility index (Phi) is 8.33. The first-order chi connectivity index (χ1) is 14.0. The van der Waals surface area contributed by atoms with E-state index in [1.807, 2.05) is 0 Å². The Hall–Kier alpha value is -3.22. The van der Waals surface area contributed by atoms with Crippen molar-refractivity contribution in [3.63, 3.8) is 0 Å². The highest BCUT2D eigenvalue weighted by Crippen LogP contribution is 2.28. The molecule has 0 saturated carbocycles. The smallest absolute Gasteiger partial charge is 0.339 e. The van der Waals surface area contributed by atoms with Crippen LogP contribution in [0.3, 0.4) is 0 Å². The predicted molar refractivity (Wildman–Crippen MR) is 110 cm³/mol. The zero-order chi connectivity index (χ0) is 21.2. The molecule has 29 heavy (non-hydrogen) atoms. The molecule has 1 amide bonds. The highest BCUT2D eigenvalue weighted by atomic mass is 16.5. The van der Waals surface area contributed by atoms with Gasteiger partial charge in [-0.25, -0.2) is 4.79 Å². The van der Waals surface area contributed by atoms with Crippen LogP contribution in [0.5, 0.6) is 17.2 Å². The third-order valence-corrected chi connectivity index (χ3v) is 4.17. The van der Waals surface area contributed by atoms with E-state index in [0.29, 0.717) is 29.5 Å². The second kappa shape index (κ2) is 10.9. The first-order valence-electron chi connectivity index (χ1n) is 9.45. The first-order valence-corrected chi connectivity index (χ1v) is 9.45. The monoisotopic (exact) mass is 401 g/mol. The Labute approximate surface area is 170 Å². The molecule has 156 valence electrons. The van der Waals surface area contributed by atoms with Gasteiger partial charge >= 0.3 is 5.97 Å². The van der Waals surface area contributed by atoms with E-state index in [0.717, 1.165) is 12.8 Å². The maximum Gasteiger partial charge on any atom is 0.339 e. The molecule has 1 N–H and O–H groups in total. The maximum absolute atomic E-state index is 12.4. The number of anilines is 1. The number of esters is 1. The number of carbonyl (C=O) groups excluding carboxylic acids is 2. The number of methoxy groups -OCH3 is 2. The largest absolute Gasteiger partial charge is 0.497 e. The fourth-order valence-corrected chi connectivity index (χ4v) is 2.44. The lowest BCUT2D eigenvalue weighted by Crippen LogP contribution is -2.30. The van der Waals surface area contributed by atoms with Crippen LogP contribution < -0.4 is 19.5 Å². The Morgan fingerprint density at radius 3 is 2.34 bits per heavy atom. The second-order valence-electron chi connectivity index (χ2n) is 6.33. The van der Waals surface area contributed by atoms with Gasteiger partial charge in [0, 0.05) is 5.69 Å². The van der Waals surface area contributed by atoms with Gasteiger partial charge in [-0.2, -0.15) is 0 Å². The number of rotatable bonds is 10. The van der Waals surface area contributed by atoms with Crippen LogP contribution in [0.1, 0.15) is 37.0 Å². The summed E-state index contributed by atoms with van der Waals surface area (Å²) in [5.74, 6) is 0.614. The molecule has 0 fully saturated rings. The summed E-state index contributed by atoms with van der Waals surface area (Å²) in [5, 5.41) is 2.69. The SMILES string of the molecule is CCCCOc1ccc(C(=O)OC(C)C(=O)Nc2ccc(OC)cc2)cc1OC. The summed E-state index contributed by atoms with van der Waals surface area (Å²) in [6, 6.07) is 11.6. The number of ether oxygens (including phenoxy) is 4. The number of hydrogen-bond acceptors (Lipinski definition) is 6. The molecule has 0 aliphatic carbocycles. The molecule has 2 aromatic carbocycles. The molecule has 0 bridgehead atoms. The molecule has 7 nitrogen and oxygen atoms in total. The lowest BCUT2D eigenvalue weighted by molar-refractivity contribution is -0.123. The van der Waals surface area contributed by atoms with E-state index in [9.17, 15) is 9.59 Å². The normalized spacial score (nSPS) is 11.3. The third-order valence-electron chi connectivity index (χ3n) is 4.17. The summed E-state index contributed by atoms with van der Waals surface area (Å²) in [6.07, 6.45) is 0.966. The molecule has 1 atom stereocenters. The van der Waals surface area contributed by atoms with Crippen molar-refractivity contribution in [1.82, 2.24) is 0 Å². The minimum atomic E-state index is -0.976. The van der Waals surface area contributed by atoms with Gasteiger partial charge in [-0.3, -0.25) is 4.79 Å². The summed E-state index contributed by atoms with van der Waals surface area (Å²) >= 11 is 0. The topological polar surface area (TPSA) is 83.1 Å². The summed E-state index contributed by atoms with van der Waals surface area (Å²) in [4.78, 5) is 24.7. The van der Waals surface area contributed by atoms with Crippen LogP contribution in [-0.4, -0.2) is 38.8 Å². The summed E-state index contributed by atoms with van der Waals surface area (Å²) in [7, 11) is 3.07. The van der Waals surface area contributed by atoms with Crippen LogP contribution in [0.25, 0.3) is 0 Å². The lowest BCUT2D eigenvalue weighted by atomic mass is 10.2. The van der Waals surface area contributed by atoms with Crippen molar-refractivity contribution in [2.75, 3.05) is 26.1 Å². The number of nitrogens with one attached hydrogen (secondary N) is 1. The van der Waals surface area contributed by atoms with Gasteiger partial charge in [0.05, 0.1) is 26.4 Å². The molecule has 0 saturated heterocycles. The average molecular weight is 401 g/mol. The van der Waals surface area contributed by atoms with E-state index in [4.69, 9.17) is 18.9 Å². The Morgan fingerprint density at radius 2 is 1.72 bits per heavy atom. The zero-order valence-corrected chi connectivity index (χ0v) is 17.2. The van der Waals surface area contributed by atoms with Gasteiger partial charge in [0.15, 0.2) is 17.6 Å². The molecule has 0 radical (unpaired) electrons. The highest BCUT2D eigenvalue weighted by molar-refractivity contribution is 5.97. The van der Waals surface area contributed by atoms with E-state index in [-0.39, 0.29) is 5.56 Å². The fraction of sp³-hybridized carbons (Fsp3) is 0.364. The van der Waals surface area contributed by atoms with Crippen LogP contribution >= 0.6 is 0 Å². The Morgan fingerprint density at radius 1 is 1.00 bits per heavy atom. The highest BCUT2D eigenvalue weighted by Gasteiger charge is 2.20. The molecule has 1 unspecified atom stereocenters. The van der Waals surface area contributed by atoms with Gasteiger partial charge < -0.3 is 24.3 Å². The van der Waals surface area contributed by atoms with Crippen molar-refractivity contribution in [2.24, 2.45) is 0 Å². The van der Waals surface area contributed by atoms with Crippen LogP contribution in [-0.2, 0) is 9.53 Å². The predicted octanol–water partition coefficient (Wildman–Crippen LogP) is 4.07. The molecular formula is C22H27NO6. The average Bonchev–Trinajstić information content (AvgIpc) is 2.74. The van der Waals surface area contributed by atoms with E-state index in [1.54, 1.807) is 43.5 Å². The van der Waals surface area contributed by atoms with E-state index < -0.39 is 18.0 Å². The van der Waals surface area contributed by atoms with Crippen molar-refractivity contribution < 1.29 is 28.5 Å². The van der Waals surface area contributed by atoms with Gasteiger partial charge in [-0.15, -0.1) is 0 Å². The minimum absolute atomic E-state index is 0.272. The van der Waals surface area contributed by atoms with E-state index in [1.165, 1.54) is 20.1 Å². The van der Waals surface area contributed by atoms with Gasteiger partial charge in [-0.1, -0.05) is 13.3 Å². The Bertz CT molecular complexity index is 819. The van der Waals surface area contributed by atoms with Gasteiger partial charge in [0.25, 0.3) is 5.91 Å². The van der Waals surface area contributed by atoms with Crippen LogP contribution in [0.15, 0.2) is 42.5 Å². The molecule has 7 heteroatoms. The second-order valence-corrected chi connectivity index (χ2v) is 6.33. The standard InChI is InChI=1S/C22H27NO6/c1-5-6-13-28-19-12-7-16(14-20(19)27-4)22(25)29-15(2)21(24)23-17-8-10-18(26-3)11-9-17/h7-12,14-15H,5-6,13H2,1-4H3,(H,23,24). The molecule has 0 spiro atoms. The minimum Gasteiger partial charge on any atom is -0.497 e. The maximum atomic E-state index is 12.4. The first kappa shape index (κ1) is 22.1. The van der Waals surface area contributed by atoms with Crippen LogP contribution in [0, 0.1) is 0 Å². The van der Waals surface area contributed by atoms with Gasteiger partial charge in [0.2, 0.25) is 0 Å². The summed E-state index contributed by atoms with van der Waals surface area (Å²) in [5.41, 5.74) is 0.850. The molecule has 2 aromatic rings. The molecule has 0 aliphatic rings. The van der Waals surface area contributed by atoms with Crippen molar-refractivity contribution in [3.8, 4) is 17.2 Å². The number of carbonyl (C=O) groups is 2. The number of unbranched alkanes of at least 4 members (excludes halogenated alkanes) is 1. The molecule has 0 heterocycles. The molecule has 2 rings (SSSR count). The lowest BCUT2D eigenvalue weighted by Gasteiger charge is -2.15. The van der Waals surface area contributed by atoms with Crippen molar-refractivity contribution in [2.45, 2.75) is 32.8 Å². The van der Waals surface area contributed by atoms with Crippen molar-refractivity contribution in [3.05, 3.63) is 48.0 Å². The van der Waals surface area contributed by atoms with Gasteiger partial charge in [0.1, 0.15) is 5.75 Å². The van der Waals surface area contributed by atoms with E-state index >= 15 is 0 Å². The van der Waals surface area contributed by atoms with Gasteiger partial charge in [-0.05, 0) is 55.8 Å². The molecule has 0 aliphatic heterocycles. The summed E-state index contributed by atoms with van der Waals surface area (Å²) in [6.45, 7) is 4.15. The molecular weight excluding hydrogens is 374 g/mol. The number of benzene rings is 2. The van der Waals surface area contributed by atoms with Crippen LogP contribution in [0.4, 0.5) is 5.69 Å². The quantitative estimate of drug-likeness (QED) is 0.477. The van der Waals surface area contributed by atoms with E-state index in [2.05, 4.69) is 12.2 Å².